The molecule has 1 heterocycles. The van der Waals surface area contributed by atoms with Crippen molar-refractivity contribution in [3.05, 3.63) is 23.2 Å². The number of benzene rings is 1. The van der Waals surface area contributed by atoms with Crippen LogP contribution in [-0.4, -0.2) is 43.0 Å². The molecule has 1 atom stereocenters. The molecule has 0 spiro atoms. The average molecular weight is 323 g/mol. The molecule has 1 aromatic rings. The number of hydrogen-bond donors (Lipinski definition) is 0. The molecule has 0 radical (unpaired) electrons. The van der Waals surface area contributed by atoms with Crippen LogP contribution in [0.1, 0.15) is 19.8 Å². The summed E-state index contributed by atoms with van der Waals surface area (Å²) in [6.45, 7) is 2.78. The number of carbonyl (C=O) groups is 2. The molecule has 6 heteroatoms. The first-order valence-corrected chi connectivity index (χ1v) is 7.86. The minimum absolute atomic E-state index is 0.0965. The minimum atomic E-state index is -0.453. The molecule has 2 amide bonds. The van der Waals surface area contributed by atoms with Crippen molar-refractivity contribution >= 4 is 29.1 Å². The van der Waals surface area contributed by atoms with E-state index in [2.05, 4.69) is 0 Å². The predicted octanol–water partition coefficient (Wildman–Crippen LogP) is 2.32. The van der Waals surface area contributed by atoms with E-state index in [4.69, 9.17) is 16.3 Å². The van der Waals surface area contributed by atoms with Gasteiger partial charge in [0, 0.05) is 24.0 Å². The average Bonchev–Trinajstić information content (AvgIpc) is 3.34. The van der Waals surface area contributed by atoms with E-state index in [1.807, 2.05) is 0 Å². The van der Waals surface area contributed by atoms with Crippen LogP contribution in [0.2, 0.25) is 5.02 Å². The Hall–Kier alpha value is -1.75. The van der Waals surface area contributed by atoms with Crippen molar-refractivity contribution in [1.82, 2.24) is 4.90 Å². The van der Waals surface area contributed by atoms with Crippen LogP contribution in [0.4, 0.5) is 5.69 Å². The molecule has 1 saturated carbocycles. The number of ether oxygens (including phenoxy) is 1. The molecule has 1 unspecified atom stereocenters. The van der Waals surface area contributed by atoms with Gasteiger partial charge in [-0.25, -0.2) is 0 Å². The fraction of sp³-hybridized carbons (Fsp3) is 0.500. The number of hydrogen-bond acceptors (Lipinski definition) is 3. The fourth-order valence-corrected chi connectivity index (χ4v) is 3.02. The molecule has 0 aromatic heterocycles. The zero-order chi connectivity index (χ0) is 15.9. The van der Waals surface area contributed by atoms with Gasteiger partial charge in [0.05, 0.1) is 12.8 Å². The van der Waals surface area contributed by atoms with Crippen molar-refractivity contribution in [3.8, 4) is 5.75 Å². The first kappa shape index (κ1) is 15.2. The second-order valence-electron chi connectivity index (χ2n) is 5.79. The molecule has 0 bridgehead atoms. The van der Waals surface area contributed by atoms with Crippen LogP contribution >= 0.6 is 11.6 Å². The lowest BCUT2D eigenvalue weighted by Crippen LogP contribution is -2.58. The molecule has 2 fully saturated rings. The number of carbonyl (C=O) groups excluding carboxylic acids is 2. The van der Waals surface area contributed by atoms with Gasteiger partial charge in [-0.1, -0.05) is 11.6 Å². The van der Waals surface area contributed by atoms with E-state index < -0.39 is 6.04 Å². The Balaban J connectivity index is 1.84. The van der Waals surface area contributed by atoms with Gasteiger partial charge in [0.25, 0.3) is 0 Å². The van der Waals surface area contributed by atoms with Crippen molar-refractivity contribution in [2.75, 3.05) is 25.1 Å². The van der Waals surface area contributed by atoms with Crippen molar-refractivity contribution in [3.63, 3.8) is 0 Å². The van der Waals surface area contributed by atoms with E-state index >= 15 is 0 Å². The summed E-state index contributed by atoms with van der Waals surface area (Å²) < 4.78 is 5.33. The van der Waals surface area contributed by atoms with Crippen LogP contribution in [0, 0.1) is 5.92 Å². The molecule has 3 rings (SSSR count). The first-order chi connectivity index (χ1) is 10.5. The smallest absolute Gasteiger partial charge is 0.249 e. The molecule has 1 aliphatic carbocycles. The van der Waals surface area contributed by atoms with E-state index in [0.717, 1.165) is 12.8 Å². The molecule has 5 nitrogen and oxygen atoms in total. The second-order valence-corrected chi connectivity index (χ2v) is 6.22. The molecule has 118 valence electrons. The van der Waals surface area contributed by atoms with Gasteiger partial charge in [-0.15, -0.1) is 0 Å². The maximum Gasteiger partial charge on any atom is 0.249 e. The Morgan fingerprint density at radius 3 is 2.68 bits per heavy atom. The van der Waals surface area contributed by atoms with Gasteiger partial charge < -0.3 is 14.5 Å². The zero-order valence-corrected chi connectivity index (χ0v) is 13.5. The van der Waals surface area contributed by atoms with Crippen molar-refractivity contribution in [2.45, 2.75) is 25.8 Å². The van der Waals surface area contributed by atoms with E-state index in [1.54, 1.807) is 42.0 Å². The lowest BCUT2D eigenvalue weighted by molar-refractivity contribution is -0.141. The summed E-state index contributed by atoms with van der Waals surface area (Å²) in [5, 5.41) is 0.549. The summed E-state index contributed by atoms with van der Waals surface area (Å²) in [6.07, 6.45) is 1.89. The highest BCUT2D eigenvalue weighted by molar-refractivity contribution is 6.31. The Bertz CT molecular complexity index is 615. The molecule has 2 aliphatic rings. The zero-order valence-electron chi connectivity index (χ0n) is 12.7. The predicted molar refractivity (Wildman–Crippen MR) is 84.3 cm³/mol. The van der Waals surface area contributed by atoms with E-state index in [-0.39, 0.29) is 17.7 Å². The largest absolute Gasteiger partial charge is 0.495 e. The van der Waals surface area contributed by atoms with Gasteiger partial charge >= 0.3 is 0 Å². The number of anilines is 1. The number of methoxy groups -OCH3 is 1. The summed E-state index contributed by atoms with van der Waals surface area (Å²) in [5.74, 6) is 0.744. The third kappa shape index (κ3) is 2.65. The summed E-state index contributed by atoms with van der Waals surface area (Å²) in [7, 11) is 1.56. The van der Waals surface area contributed by atoms with Crippen LogP contribution in [-0.2, 0) is 9.59 Å². The van der Waals surface area contributed by atoms with Gasteiger partial charge in [0.2, 0.25) is 11.8 Å². The molecule has 0 N–H and O–H groups in total. The first-order valence-electron chi connectivity index (χ1n) is 7.48. The highest BCUT2D eigenvalue weighted by Gasteiger charge is 2.41. The summed E-state index contributed by atoms with van der Waals surface area (Å²) in [5.41, 5.74) is 0.658. The number of halogens is 1. The lowest BCUT2D eigenvalue weighted by Gasteiger charge is -2.39. The number of piperazine rings is 1. The molecule has 22 heavy (non-hydrogen) atoms. The highest BCUT2D eigenvalue weighted by Crippen LogP contribution is 2.35. The molecule has 1 aromatic carbocycles. The van der Waals surface area contributed by atoms with Crippen molar-refractivity contribution in [2.24, 2.45) is 5.92 Å². The van der Waals surface area contributed by atoms with Gasteiger partial charge in [0.15, 0.2) is 0 Å². The topological polar surface area (TPSA) is 49.9 Å². The second kappa shape index (κ2) is 5.80. The van der Waals surface area contributed by atoms with Crippen LogP contribution < -0.4 is 9.64 Å². The normalized spacial score (nSPS) is 22.0. The SMILES string of the molecule is COc1ccc(Cl)cc1N1CCN(C(=O)C2CC2)C(C)C1=O. The van der Waals surface area contributed by atoms with Gasteiger partial charge in [0.1, 0.15) is 11.8 Å². The maximum absolute atomic E-state index is 12.7. The lowest BCUT2D eigenvalue weighted by atomic mass is 10.1. The third-order valence-corrected chi connectivity index (χ3v) is 4.53. The van der Waals surface area contributed by atoms with E-state index in [9.17, 15) is 9.59 Å². The number of amides is 2. The van der Waals surface area contributed by atoms with Crippen LogP contribution in [0.3, 0.4) is 0 Å². The van der Waals surface area contributed by atoms with Gasteiger partial charge in [-0.05, 0) is 38.0 Å². The monoisotopic (exact) mass is 322 g/mol. The van der Waals surface area contributed by atoms with Crippen molar-refractivity contribution < 1.29 is 14.3 Å². The van der Waals surface area contributed by atoms with Crippen LogP contribution in [0.15, 0.2) is 18.2 Å². The Kier molecular flexibility index (Phi) is 4.00. The van der Waals surface area contributed by atoms with Crippen LogP contribution in [0.25, 0.3) is 0 Å². The van der Waals surface area contributed by atoms with Gasteiger partial charge in [-0.3, -0.25) is 9.59 Å². The van der Waals surface area contributed by atoms with Crippen molar-refractivity contribution in [1.29, 1.82) is 0 Å². The standard InChI is InChI=1S/C16H19ClN2O3/c1-10-15(20)19(8-7-18(10)16(21)11-3-4-11)13-9-12(17)5-6-14(13)22-2/h5-6,9-11H,3-4,7-8H2,1-2H3. The molecular weight excluding hydrogens is 304 g/mol. The Morgan fingerprint density at radius 2 is 2.05 bits per heavy atom. The molecular formula is C16H19ClN2O3. The Labute approximate surface area is 134 Å². The molecule has 1 saturated heterocycles. The minimum Gasteiger partial charge on any atom is -0.495 e. The van der Waals surface area contributed by atoms with E-state index in [1.165, 1.54) is 0 Å². The number of nitrogens with zero attached hydrogens (tertiary/aromatic N) is 2. The summed E-state index contributed by atoms with van der Waals surface area (Å²) >= 11 is 6.05. The Morgan fingerprint density at radius 1 is 1.32 bits per heavy atom. The fourth-order valence-electron chi connectivity index (χ4n) is 2.85. The molecule has 1 aliphatic heterocycles. The number of rotatable bonds is 3. The van der Waals surface area contributed by atoms with E-state index in [0.29, 0.717) is 29.5 Å². The quantitative estimate of drug-likeness (QED) is 0.858. The maximum atomic E-state index is 12.7. The van der Waals surface area contributed by atoms with Gasteiger partial charge in [-0.2, -0.15) is 0 Å². The third-order valence-electron chi connectivity index (χ3n) is 4.30. The summed E-state index contributed by atoms with van der Waals surface area (Å²) in [6, 6.07) is 4.75. The highest BCUT2D eigenvalue weighted by atomic mass is 35.5. The van der Waals surface area contributed by atoms with Crippen LogP contribution in [0.5, 0.6) is 5.75 Å². The summed E-state index contributed by atoms with van der Waals surface area (Å²) in [4.78, 5) is 28.3.